The van der Waals surface area contributed by atoms with Crippen molar-refractivity contribution in [3.63, 3.8) is 0 Å². The van der Waals surface area contributed by atoms with E-state index in [-0.39, 0.29) is 6.54 Å². The molecule has 1 fully saturated rings. The molecule has 0 saturated carbocycles. The molecular formula is C9H17NO7. The molecule has 0 aromatic rings. The first kappa shape index (κ1) is 14.3. The molecule has 1 rings (SSSR count). The van der Waals surface area contributed by atoms with Gasteiger partial charge in [0, 0.05) is 6.54 Å². The molecule has 100 valence electrons. The Hall–Kier alpha value is -0.770. The van der Waals surface area contributed by atoms with Crippen LogP contribution in [0.3, 0.4) is 0 Å². The first-order valence-electron chi connectivity index (χ1n) is 5.17. The minimum absolute atomic E-state index is 0.294. The second-order valence-electron chi connectivity index (χ2n) is 3.97. The highest BCUT2D eigenvalue weighted by atomic mass is 16.5. The molecule has 6 atom stereocenters. The maximum absolute atomic E-state index is 10.9. The predicted molar refractivity (Wildman–Crippen MR) is 53.9 cm³/mol. The summed E-state index contributed by atoms with van der Waals surface area (Å²) in [4.78, 5) is 10.9. The van der Waals surface area contributed by atoms with Gasteiger partial charge in [0.05, 0.1) is 12.5 Å². The SMILES string of the molecule is NCC(C(=O)O)[C@@H]1O[C@H](CO)[C@@H](O)[C@H](O)[C@H]1O. The van der Waals surface area contributed by atoms with Gasteiger partial charge in [-0.25, -0.2) is 0 Å². The van der Waals surface area contributed by atoms with E-state index in [1.807, 2.05) is 0 Å². The number of hydrogen-bond acceptors (Lipinski definition) is 7. The zero-order valence-electron chi connectivity index (χ0n) is 9.01. The van der Waals surface area contributed by atoms with Crippen LogP contribution in [0.15, 0.2) is 0 Å². The van der Waals surface area contributed by atoms with Gasteiger partial charge in [-0.05, 0) is 0 Å². The Labute approximate surface area is 97.2 Å². The Kier molecular flexibility index (Phi) is 4.80. The Morgan fingerprint density at radius 1 is 1.24 bits per heavy atom. The van der Waals surface area contributed by atoms with Crippen LogP contribution in [0.25, 0.3) is 0 Å². The molecule has 8 heteroatoms. The van der Waals surface area contributed by atoms with E-state index < -0.39 is 49.0 Å². The summed E-state index contributed by atoms with van der Waals surface area (Å²) >= 11 is 0. The Bertz CT molecular complexity index is 272. The molecule has 0 spiro atoms. The van der Waals surface area contributed by atoms with Crippen molar-refractivity contribution < 1.29 is 35.1 Å². The lowest BCUT2D eigenvalue weighted by Crippen LogP contribution is -2.62. The van der Waals surface area contributed by atoms with Crippen molar-refractivity contribution in [2.45, 2.75) is 30.5 Å². The van der Waals surface area contributed by atoms with Crippen LogP contribution in [-0.2, 0) is 9.53 Å². The summed E-state index contributed by atoms with van der Waals surface area (Å²) in [6.07, 6.45) is -7.05. The Morgan fingerprint density at radius 2 is 1.82 bits per heavy atom. The van der Waals surface area contributed by atoms with E-state index in [9.17, 15) is 20.1 Å². The lowest BCUT2D eigenvalue weighted by atomic mass is 9.88. The van der Waals surface area contributed by atoms with E-state index >= 15 is 0 Å². The number of aliphatic hydroxyl groups excluding tert-OH is 4. The van der Waals surface area contributed by atoms with Crippen molar-refractivity contribution in [1.29, 1.82) is 0 Å². The number of carbonyl (C=O) groups is 1. The third kappa shape index (κ3) is 2.73. The van der Waals surface area contributed by atoms with E-state index in [1.165, 1.54) is 0 Å². The number of hydrogen-bond donors (Lipinski definition) is 6. The standard InChI is InChI=1S/C9H17NO7/c10-1-3(9(15)16)8-7(14)6(13)5(12)4(2-11)17-8/h3-8,11-14H,1-2,10H2,(H,15,16)/t3?,4-,5-,6+,7-,8+/m1/s1. The van der Waals surface area contributed by atoms with Crippen molar-refractivity contribution in [2.24, 2.45) is 11.7 Å². The largest absolute Gasteiger partial charge is 0.481 e. The van der Waals surface area contributed by atoms with Crippen LogP contribution in [-0.4, -0.2) is 75.2 Å². The summed E-state index contributed by atoms with van der Waals surface area (Å²) < 4.78 is 5.07. The Morgan fingerprint density at radius 3 is 2.24 bits per heavy atom. The fraction of sp³-hybridized carbons (Fsp3) is 0.889. The van der Waals surface area contributed by atoms with Gasteiger partial charge in [-0.3, -0.25) is 4.79 Å². The highest BCUT2D eigenvalue weighted by Crippen LogP contribution is 2.25. The fourth-order valence-electron chi connectivity index (χ4n) is 1.84. The van der Waals surface area contributed by atoms with Crippen molar-refractivity contribution >= 4 is 5.97 Å². The van der Waals surface area contributed by atoms with E-state index in [4.69, 9.17) is 20.7 Å². The lowest BCUT2D eigenvalue weighted by molar-refractivity contribution is -0.241. The molecule has 1 unspecified atom stereocenters. The second kappa shape index (κ2) is 5.71. The van der Waals surface area contributed by atoms with Crippen LogP contribution in [0.5, 0.6) is 0 Å². The molecule has 17 heavy (non-hydrogen) atoms. The monoisotopic (exact) mass is 251 g/mol. The van der Waals surface area contributed by atoms with E-state index in [0.29, 0.717) is 0 Å². The van der Waals surface area contributed by atoms with Crippen molar-refractivity contribution in [3.05, 3.63) is 0 Å². The molecular weight excluding hydrogens is 234 g/mol. The lowest BCUT2D eigenvalue weighted by Gasteiger charge is -2.41. The zero-order valence-corrected chi connectivity index (χ0v) is 9.01. The second-order valence-corrected chi connectivity index (χ2v) is 3.97. The van der Waals surface area contributed by atoms with Gasteiger partial charge in [-0.1, -0.05) is 0 Å². The van der Waals surface area contributed by atoms with E-state index in [1.54, 1.807) is 0 Å². The molecule has 0 aromatic carbocycles. The maximum Gasteiger partial charge on any atom is 0.310 e. The number of aliphatic hydroxyl groups is 4. The van der Waals surface area contributed by atoms with Crippen LogP contribution in [0.1, 0.15) is 0 Å². The van der Waals surface area contributed by atoms with Gasteiger partial charge in [0.25, 0.3) is 0 Å². The Balaban J connectivity index is 2.87. The smallest absolute Gasteiger partial charge is 0.310 e. The number of ether oxygens (including phenoxy) is 1. The average Bonchev–Trinajstić information content (AvgIpc) is 2.29. The van der Waals surface area contributed by atoms with Gasteiger partial charge in [0.15, 0.2) is 0 Å². The zero-order chi connectivity index (χ0) is 13.2. The molecule has 0 aliphatic carbocycles. The third-order valence-corrected chi connectivity index (χ3v) is 2.90. The summed E-state index contributed by atoms with van der Waals surface area (Å²) in [5.41, 5.74) is 5.26. The molecule has 8 nitrogen and oxygen atoms in total. The summed E-state index contributed by atoms with van der Waals surface area (Å²) in [6, 6.07) is 0. The predicted octanol–water partition coefficient (Wildman–Crippen LogP) is -3.51. The average molecular weight is 251 g/mol. The molecule has 1 saturated heterocycles. The quantitative estimate of drug-likeness (QED) is 0.300. The van der Waals surface area contributed by atoms with Gasteiger partial charge in [0.1, 0.15) is 30.5 Å². The molecule has 0 aromatic heterocycles. The summed E-state index contributed by atoms with van der Waals surface area (Å²) in [7, 11) is 0. The van der Waals surface area contributed by atoms with Crippen molar-refractivity contribution in [2.75, 3.05) is 13.2 Å². The molecule has 1 heterocycles. The molecule has 1 aliphatic heterocycles. The summed E-state index contributed by atoms with van der Waals surface area (Å²) in [6.45, 7) is -0.892. The van der Waals surface area contributed by atoms with Crippen LogP contribution in [0.4, 0.5) is 0 Å². The number of aliphatic carboxylic acids is 1. The van der Waals surface area contributed by atoms with E-state index in [0.717, 1.165) is 0 Å². The van der Waals surface area contributed by atoms with Crippen LogP contribution < -0.4 is 5.73 Å². The molecule has 0 bridgehead atoms. The first-order chi connectivity index (χ1) is 7.93. The van der Waals surface area contributed by atoms with Crippen LogP contribution in [0, 0.1) is 5.92 Å². The van der Waals surface area contributed by atoms with Crippen molar-refractivity contribution in [3.8, 4) is 0 Å². The third-order valence-electron chi connectivity index (χ3n) is 2.90. The minimum atomic E-state index is -1.58. The van der Waals surface area contributed by atoms with Gasteiger partial charge in [0.2, 0.25) is 0 Å². The number of carboxylic acids is 1. The highest BCUT2D eigenvalue weighted by molar-refractivity contribution is 5.71. The van der Waals surface area contributed by atoms with E-state index in [2.05, 4.69) is 0 Å². The number of nitrogens with two attached hydrogens (primary N) is 1. The first-order valence-corrected chi connectivity index (χ1v) is 5.17. The summed E-state index contributed by atoms with van der Waals surface area (Å²) in [5.74, 6) is -2.50. The van der Waals surface area contributed by atoms with Gasteiger partial charge < -0.3 is 36.0 Å². The molecule has 0 amide bonds. The van der Waals surface area contributed by atoms with Crippen LogP contribution >= 0.6 is 0 Å². The van der Waals surface area contributed by atoms with Gasteiger partial charge in [-0.2, -0.15) is 0 Å². The molecule has 0 radical (unpaired) electrons. The summed E-state index contributed by atoms with van der Waals surface area (Å²) in [5, 5.41) is 46.4. The minimum Gasteiger partial charge on any atom is -0.481 e. The van der Waals surface area contributed by atoms with Gasteiger partial charge in [-0.15, -0.1) is 0 Å². The highest BCUT2D eigenvalue weighted by Gasteiger charge is 2.47. The number of carboxylic acid groups (broad SMARTS) is 1. The molecule has 7 N–H and O–H groups in total. The fourth-order valence-corrected chi connectivity index (χ4v) is 1.84. The topological polar surface area (TPSA) is 153 Å². The van der Waals surface area contributed by atoms with Gasteiger partial charge >= 0.3 is 5.97 Å². The number of rotatable bonds is 4. The van der Waals surface area contributed by atoms with Crippen molar-refractivity contribution in [1.82, 2.24) is 0 Å². The normalized spacial score (nSPS) is 39.9. The molecule has 1 aliphatic rings. The maximum atomic E-state index is 10.9. The van der Waals surface area contributed by atoms with Crippen LogP contribution in [0.2, 0.25) is 0 Å².